The number of carbonyl (C=O) groups excluding carboxylic acids is 1. The molecule has 108 valence electrons. The number of carbonyl (C=O) groups is 1. The number of amides is 1. The summed E-state index contributed by atoms with van der Waals surface area (Å²) >= 11 is 14.8. The Labute approximate surface area is 137 Å². The third-order valence-electron chi connectivity index (χ3n) is 2.47. The minimum absolute atomic E-state index is 0.00283. The van der Waals surface area contributed by atoms with Gasteiger partial charge in [-0.1, -0.05) is 29.3 Å². The van der Waals surface area contributed by atoms with E-state index in [1.165, 1.54) is 24.4 Å². The number of nitrogens with zero attached hydrogens (tertiary/aromatic N) is 2. The lowest BCUT2D eigenvalue weighted by molar-refractivity contribution is -0.384. The van der Waals surface area contributed by atoms with Gasteiger partial charge in [0.05, 0.1) is 26.8 Å². The lowest BCUT2D eigenvalue weighted by Gasteiger charge is -2.07. The van der Waals surface area contributed by atoms with Crippen LogP contribution in [0.3, 0.4) is 0 Å². The van der Waals surface area contributed by atoms with Crippen LogP contribution in [0.4, 0.5) is 11.4 Å². The Hall–Kier alpha value is -1.70. The van der Waals surface area contributed by atoms with E-state index in [0.29, 0.717) is 10.2 Å². The second-order valence-electron chi connectivity index (χ2n) is 3.85. The summed E-state index contributed by atoms with van der Waals surface area (Å²) in [5.74, 6) is -0.584. The van der Waals surface area contributed by atoms with Crippen molar-refractivity contribution < 1.29 is 9.72 Å². The second kappa shape index (κ2) is 6.38. The van der Waals surface area contributed by atoms with Gasteiger partial charge in [0.1, 0.15) is 10.2 Å². The average Bonchev–Trinajstić information content (AvgIpc) is 2.42. The lowest BCUT2D eigenvalue weighted by atomic mass is 10.2. The van der Waals surface area contributed by atoms with E-state index in [4.69, 9.17) is 23.2 Å². The van der Waals surface area contributed by atoms with Crippen molar-refractivity contribution in [1.29, 1.82) is 0 Å². The van der Waals surface area contributed by atoms with Crippen molar-refractivity contribution in [2.75, 3.05) is 5.32 Å². The number of aromatic nitrogens is 1. The van der Waals surface area contributed by atoms with E-state index in [0.717, 1.165) is 0 Å². The van der Waals surface area contributed by atoms with Crippen molar-refractivity contribution in [3.63, 3.8) is 0 Å². The van der Waals surface area contributed by atoms with Gasteiger partial charge >= 0.3 is 0 Å². The Morgan fingerprint density at radius 1 is 1.38 bits per heavy atom. The maximum absolute atomic E-state index is 12.1. The molecule has 0 aliphatic carbocycles. The van der Waals surface area contributed by atoms with Crippen LogP contribution in [0, 0.1) is 10.1 Å². The zero-order valence-electron chi connectivity index (χ0n) is 10.1. The highest BCUT2D eigenvalue weighted by Crippen LogP contribution is 2.29. The number of benzene rings is 1. The highest BCUT2D eigenvalue weighted by atomic mass is 79.9. The zero-order chi connectivity index (χ0) is 15.6. The van der Waals surface area contributed by atoms with E-state index >= 15 is 0 Å². The number of hydrogen-bond acceptors (Lipinski definition) is 4. The number of hydrogen-bond donors (Lipinski definition) is 1. The van der Waals surface area contributed by atoms with E-state index in [1.54, 1.807) is 6.07 Å². The largest absolute Gasteiger partial charge is 0.321 e. The van der Waals surface area contributed by atoms with E-state index < -0.39 is 10.8 Å². The Morgan fingerprint density at radius 3 is 2.71 bits per heavy atom. The number of anilines is 1. The summed E-state index contributed by atoms with van der Waals surface area (Å²) in [5.41, 5.74) is 0.0375. The molecule has 6 nitrogen and oxygen atoms in total. The molecule has 2 rings (SSSR count). The molecule has 0 fully saturated rings. The molecule has 0 atom stereocenters. The first-order valence-electron chi connectivity index (χ1n) is 5.45. The molecule has 0 unspecified atom stereocenters. The standard InChI is InChI=1S/C12H6BrCl2N3O3/c13-8-4-6(5-16-11(8)15)17-12(19)7-2-1-3-9(10(7)14)18(20)21/h1-5H,(H,17,19). The SMILES string of the molecule is O=C(Nc1cnc(Cl)c(Br)c1)c1cccc([N+](=O)[O-])c1Cl. The molecule has 0 saturated heterocycles. The molecule has 1 amide bonds. The lowest BCUT2D eigenvalue weighted by Crippen LogP contribution is -2.13. The van der Waals surface area contributed by atoms with Crippen LogP contribution in [0.5, 0.6) is 0 Å². The van der Waals surface area contributed by atoms with Gasteiger partial charge < -0.3 is 5.32 Å². The second-order valence-corrected chi connectivity index (χ2v) is 5.44. The molecule has 0 radical (unpaired) electrons. The van der Waals surface area contributed by atoms with E-state index in [2.05, 4.69) is 26.2 Å². The summed E-state index contributed by atoms with van der Waals surface area (Å²) in [6, 6.07) is 5.55. The molecule has 0 saturated carbocycles. The number of rotatable bonds is 3. The number of halogens is 3. The number of nitrogens with one attached hydrogen (secondary N) is 1. The quantitative estimate of drug-likeness (QED) is 0.480. The van der Waals surface area contributed by atoms with Gasteiger partial charge in [0.2, 0.25) is 0 Å². The number of nitro benzene ring substituents is 1. The number of pyridine rings is 1. The van der Waals surface area contributed by atoms with Crippen molar-refractivity contribution in [1.82, 2.24) is 4.98 Å². The molecule has 2 aromatic rings. The van der Waals surface area contributed by atoms with Gasteiger partial charge in [-0.05, 0) is 28.1 Å². The number of nitro groups is 1. The summed E-state index contributed by atoms with van der Waals surface area (Å²) in [6.07, 6.45) is 1.36. The predicted octanol–water partition coefficient (Wildman–Crippen LogP) is 4.31. The summed E-state index contributed by atoms with van der Waals surface area (Å²) in [5, 5.41) is 13.4. The van der Waals surface area contributed by atoms with Crippen molar-refractivity contribution in [2.24, 2.45) is 0 Å². The Balaban J connectivity index is 2.30. The minimum atomic E-state index is -0.653. The normalized spacial score (nSPS) is 10.2. The van der Waals surface area contributed by atoms with E-state index in [9.17, 15) is 14.9 Å². The zero-order valence-corrected chi connectivity index (χ0v) is 13.2. The van der Waals surface area contributed by atoms with Gasteiger partial charge in [-0.25, -0.2) is 4.98 Å². The third kappa shape index (κ3) is 3.49. The maximum Gasteiger partial charge on any atom is 0.288 e. The molecule has 21 heavy (non-hydrogen) atoms. The molecule has 0 aliphatic heterocycles. The Morgan fingerprint density at radius 2 is 2.10 bits per heavy atom. The summed E-state index contributed by atoms with van der Waals surface area (Å²) in [7, 11) is 0. The Kier molecular flexibility index (Phi) is 4.76. The molecule has 1 aromatic carbocycles. The van der Waals surface area contributed by atoms with Crippen LogP contribution in [0.25, 0.3) is 0 Å². The summed E-state index contributed by atoms with van der Waals surface area (Å²) in [4.78, 5) is 26.1. The van der Waals surface area contributed by atoms with Crippen molar-refractivity contribution >= 4 is 56.4 Å². The van der Waals surface area contributed by atoms with Crippen LogP contribution < -0.4 is 5.32 Å². The van der Waals surface area contributed by atoms with Gasteiger partial charge in [-0.2, -0.15) is 0 Å². The molecule has 0 spiro atoms. The first kappa shape index (κ1) is 15.7. The molecule has 1 N–H and O–H groups in total. The molecule has 9 heteroatoms. The third-order valence-corrected chi connectivity index (χ3v) is 4.00. The summed E-state index contributed by atoms with van der Waals surface area (Å²) < 4.78 is 0.507. The minimum Gasteiger partial charge on any atom is -0.321 e. The highest BCUT2D eigenvalue weighted by molar-refractivity contribution is 9.10. The fourth-order valence-electron chi connectivity index (χ4n) is 1.52. The predicted molar refractivity (Wildman–Crippen MR) is 83.0 cm³/mol. The fraction of sp³-hybridized carbons (Fsp3) is 0. The highest BCUT2D eigenvalue weighted by Gasteiger charge is 2.20. The maximum atomic E-state index is 12.1. The first-order chi connectivity index (χ1) is 9.90. The molecule has 1 aromatic heterocycles. The van der Waals surface area contributed by atoms with Crippen LogP contribution in [0.15, 0.2) is 34.9 Å². The van der Waals surface area contributed by atoms with Crippen molar-refractivity contribution in [3.8, 4) is 0 Å². The van der Waals surface area contributed by atoms with Crippen LogP contribution >= 0.6 is 39.1 Å². The topological polar surface area (TPSA) is 85.1 Å². The van der Waals surface area contributed by atoms with Crippen LogP contribution in [-0.4, -0.2) is 15.8 Å². The van der Waals surface area contributed by atoms with Gasteiger partial charge in [0.15, 0.2) is 0 Å². The van der Waals surface area contributed by atoms with Crippen LogP contribution in [0.2, 0.25) is 10.2 Å². The Bertz CT molecular complexity index is 740. The van der Waals surface area contributed by atoms with E-state index in [-0.39, 0.29) is 21.4 Å². The monoisotopic (exact) mass is 389 g/mol. The molecule has 1 heterocycles. The molecular formula is C12H6BrCl2N3O3. The van der Waals surface area contributed by atoms with Gasteiger partial charge in [0, 0.05) is 6.07 Å². The average molecular weight is 391 g/mol. The van der Waals surface area contributed by atoms with Crippen LogP contribution in [0.1, 0.15) is 10.4 Å². The fourth-order valence-corrected chi connectivity index (χ4v) is 2.26. The van der Waals surface area contributed by atoms with Crippen molar-refractivity contribution in [2.45, 2.75) is 0 Å². The molecular weight excluding hydrogens is 385 g/mol. The molecule has 0 aliphatic rings. The van der Waals surface area contributed by atoms with Gasteiger partial charge in [-0.3, -0.25) is 14.9 Å². The molecule has 0 bridgehead atoms. The first-order valence-corrected chi connectivity index (χ1v) is 7.00. The van der Waals surface area contributed by atoms with E-state index in [1.807, 2.05) is 0 Å². The summed E-state index contributed by atoms with van der Waals surface area (Å²) in [6.45, 7) is 0. The smallest absolute Gasteiger partial charge is 0.288 e. The van der Waals surface area contributed by atoms with Gasteiger partial charge in [0.25, 0.3) is 11.6 Å². The van der Waals surface area contributed by atoms with Crippen LogP contribution in [-0.2, 0) is 0 Å². The van der Waals surface area contributed by atoms with Gasteiger partial charge in [-0.15, -0.1) is 0 Å². The van der Waals surface area contributed by atoms with Crippen molar-refractivity contribution in [3.05, 3.63) is 60.8 Å².